The van der Waals surface area contributed by atoms with Gasteiger partial charge in [0, 0.05) is 11.8 Å². The Labute approximate surface area is 184 Å². The first-order valence-corrected chi connectivity index (χ1v) is 10.9. The van der Waals surface area contributed by atoms with E-state index in [4.69, 9.17) is 14.5 Å². The van der Waals surface area contributed by atoms with Crippen molar-refractivity contribution < 1.29 is 14.3 Å². The molecule has 2 aromatic carbocycles. The van der Waals surface area contributed by atoms with Crippen molar-refractivity contribution in [2.24, 2.45) is 0 Å². The fourth-order valence-corrected chi connectivity index (χ4v) is 4.71. The van der Waals surface area contributed by atoms with Crippen molar-refractivity contribution in [1.82, 2.24) is 9.97 Å². The van der Waals surface area contributed by atoms with Crippen LogP contribution in [0.25, 0.3) is 10.2 Å². The molecule has 0 unspecified atom stereocenters. The van der Waals surface area contributed by atoms with E-state index >= 15 is 0 Å². The van der Waals surface area contributed by atoms with Crippen LogP contribution < -0.4 is 14.4 Å². The molecule has 4 aromatic rings. The van der Waals surface area contributed by atoms with Crippen LogP contribution in [0.1, 0.15) is 27.2 Å². The Morgan fingerprint density at radius 1 is 1.06 bits per heavy atom. The molecule has 6 nitrogen and oxygen atoms in total. The third kappa shape index (κ3) is 3.84. The summed E-state index contributed by atoms with van der Waals surface area (Å²) in [5.74, 6) is 1.09. The molecule has 0 spiro atoms. The Balaban J connectivity index is 1.57. The highest BCUT2D eigenvalue weighted by Crippen LogP contribution is 2.35. The summed E-state index contributed by atoms with van der Waals surface area (Å²) in [7, 11) is 0. The number of rotatable bonds is 4. The highest BCUT2D eigenvalue weighted by Gasteiger charge is 2.24. The zero-order valence-electron chi connectivity index (χ0n) is 17.3. The fourth-order valence-electron chi connectivity index (χ4n) is 3.69. The van der Waals surface area contributed by atoms with Gasteiger partial charge in [-0.2, -0.15) is 0 Å². The summed E-state index contributed by atoms with van der Waals surface area (Å²) in [5, 5.41) is 0.647. The normalized spacial score (nSPS) is 12.7. The molecule has 2 aromatic heterocycles. The number of carbonyl (C=O) groups is 1. The average molecular weight is 432 g/mol. The standard InChI is InChI=1S/C24H21N3O3S/c1-15-11-16(2)22-19(12-15)26-24(31-22)27(14-18-5-3-4-8-25-18)23(28)17-6-7-20-21(13-17)30-10-9-29-20/h3-8,11-13H,9-10,14H2,1-2H3. The summed E-state index contributed by atoms with van der Waals surface area (Å²) < 4.78 is 12.4. The number of ether oxygens (including phenoxy) is 2. The van der Waals surface area contributed by atoms with E-state index in [-0.39, 0.29) is 5.91 Å². The first-order chi connectivity index (χ1) is 15.1. The molecule has 1 aliphatic rings. The Bertz CT molecular complexity index is 1270. The number of aromatic nitrogens is 2. The summed E-state index contributed by atoms with van der Waals surface area (Å²) in [6.45, 7) is 5.43. The predicted octanol–water partition coefficient (Wildman–Crippen LogP) is 4.93. The van der Waals surface area contributed by atoms with Crippen LogP contribution in [0.4, 0.5) is 5.13 Å². The number of hydrogen-bond donors (Lipinski definition) is 0. The molecule has 31 heavy (non-hydrogen) atoms. The first-order valence-electron chi connectivity index (χ1n) is 10.1. The van der Waals surface area contributed by atoms with Gasteiger partial charge in [-0.25, -0.2) is 4.98 Å². The topological polar surface area (TPSA) is 64.6 Å². The van der Waals surface area contributed by atoms with Gasteiger partial charge in [0.2, 0.25) is 0 Å². The number of hydrogen-bond acceptors (Lipinski definition) is 6. The molecule has 0 saturated heterocycles. The van der Waals surface area contributed by atoms with Crippen molar-refractivity contribution in [3.05, 3.63) is 77.1 Å². The third-order valence-corrected chi connectivity index (χ3v) is 6.35. The van der Waals surface area contributed by atoms with Crippen LogP contribution in [0.5, 0.6) is 11.5 Å². The van der Waals surface area contributed by atoms with Gasteiger partial charge in [0.05, 0.1) is 22.5 Å². The van der Waals surface area contributed by atoms with E-state index in [1.165, 1.54) is 11.3 Å². The quantitative estimate of drug-likeness (QED) is 0.459. The van der Waals surface area contributed by atoms with Crippen LogP contribution in [-0.4, -0.2) is 29.1 Å². The second-order valence-corrected chi connectivity index (χ2v) is 8.47. The molecule has 1 aliphatic heterocycles. The fraction of sp³-hybridized carbons (Fsp3) is 0.208. The van der Waals surface area contributed by atoms with Crippen LogP contribution in [0.2, 0.25) is 0 Å². The summed E-state index contributed by atoms with van der Waals surface area (Å²) in [5.41, 5.74) is 4.52. The molecule has 0 bridgehead atoms. The van der Waals surface area contributed by atoms with Crippen molar-refractivity contribution in [3.63, 3.8) is 0 Å². The van der Waals surface area contributed by atoms with Crippen molar-refractivity contribution >= 4 is 32.6 Å². The number of carbonyl (C=O) groups excluding carboxylic acids is 1. The maximum Gasteiger partial charge on any atom is 0.260 e. The average Bonchev–Trinajstić information content (AvgIpc) is 3.21. The third-order valence-electron chi connectivity index (χ3n) is 5.12. The number of amides is 1. The van der Waals surface area contributed by atoms with Crippen LogP contribution in [0, 0.1) is 13.8 Å². The lowest BCUT2D eigenvalue weighted by molar-refractivity contribution is 0.0983. The Kier molecular flexibility index (Phi) is 5.03. The maximum absolute atomic E-state index is 13.6. The highest BCUT2D eigenvalue weighted by atomic mass is 32.1. The van der Waals surface area contributed by atoms with Crippen LogP contribution in [0.3, 0.4) is 0 Å². The Morgan fingerprint density at radius 3 is 2.71 bits per heavy atom. The second-order valence-electron chi connectivity index (χ2n) is 7.50. The molecule has 0 fully saturated rings. The Morgan fingerprint density at radius 2 is 1.90 bits per heavy atom. The minimum Gasteiger partial charge on any atom is -0.486 e. The minimum atomic E-state index is -0.156. The molecule has 0 saturated carbocycles. The molecule has 156 valence electrons. The lowest BCUT2D eigenvalue weighted by Gasteiger charge is -2.22. The van der Waals surface area contributed by atoms with Crippen LogP contribution in [-0.2, 0) is 6.54 Å². The number of pyridine rings is 1. The molecular formula is C24H21N3O3S. The summed E-state index contributed by atoms with van der Waals surface area (Å²) in [6.07, 6.45) is 1.73. The summed E-state index contributed by atoms with van der Waals surface area (Å²) in [4.78, 5) is 24.5. The molecule has 7 heteroatoms. The molecule has 3 heterocycles. The number of benzene rings is 2. The number of fused-ring (bicyclic) bond motifs is 2. The number of nitrogens with zero attached hydrogens (tertiary/aromatic N) is 3. The number of aryl methyl sites for hydroxylation is 2. The van der Waals surface area contributed by atoms with E-state index in [0.717, 1.165) is 27.0 Å². The monoisotopic (exact) mass is 431 g/mol. The molecule has 0 radical (unpaired) electrons. The molecule has 0 atom stereocenters. The van der Waals surface area contributed by atoms with Crippen molar-refractivity contribution in [2.45, 2.75) is 20.4 Å². The van der Waals surface area contributed by atoms with Gasteiger partial charge in [-0.3, -0.25) is 14.7 Å². The van der Waals surface area contributed by atoms with Crippen LogP contribution >= 0.6 is 11.3 Å². The summed E-state index contributed by atoms with van der Waals surface area (Å²) >= 11 is 1.52. The van der Waals surface area contributed by atoms with E-state index < -0.39 is 0 Å². The summed E-state index contributed by atoms with van der Waals surface area (Å²) in [6, 6.07) is 15.2. The number of anilines is 1. The van der Waals surface area contributed by atoms with Gasteiger partial charge < -0.3 is 9.47 Å². The SMILES string of the molecule is Cc1cc(C)c2sc(N(Cc3ccccn3)C(=O)c3ccc4c(c3)OCCO4)nc2c1. The molecule has 0 N–H and O–H groups in total. The lowest BCUT2D eigenvalue weighted by Crippen LogP contribution is -2.31. The zero-order chi connectivity index (χ0) is 21.4. The molecular weight excluding hydrogens is 410 g/mol. The lowest BCUT2D eigenvalue weighted by atomic mass is 10.1. The van der Waals surface area contributed by atoms with Gasteiger partial charge >= 0.3 is 0 Å². The predicted molar refractivity (Wildman–Crippen MR) is 121 cm³/mol. The van der Waals surface area contributed by atoms with Crippen molar-refractivity contribution in [3.8, 4) is 11.5 Å². The van der Waals surface area contributed by atoms with Gasteiger partial charge in [0.25, 0.3) is 5.91 Å². The first kappa shape index (κ1) is 19.5. The molecule has 1 amide bonds. The van der Waals surface area contributed by atoms with E-state index in [9.17, 15) is 4.79 Å². The van der Waals surface area contributed by atoms with Gasteiger partial charge in [-0.1, -0.05) is 23.5 Å². The zero-order valence-corrected chi connectivity index (χ0v) is 18.1. The second kappa shape index (κ2) is 8.00. The van der Waals surface area contributed by atoms with Gasteiger partial charge in [0.15, 0.2) is 16.6 Å². The molecule has 5 rings (SSSR count). The van der Waals surface area contributed by atoms with Crippen molar-refractivity contribution in [1.29, 1.82) is 0 Å². The van der Waals surface area contributed by atoms with Crippen molar-refractivity contribution in [2.75, 3.05) is 18.1 Å². The number of thiazole rings is 1. The molecule has 0 aliphatic carbocycles. The minimum absolute atomic E-state index is 0.156. The van der Waals surface area contributed by atoms with E-state index in [1.54, 1.807) is 29.3 Å². The van der Waals surface area contributed by atoms with Crippen LogP contribution in [0.15, 0.2) is 54.7 Å². The van der Waals surface area contributed by atoms with Gasteiger partial charge in [0.1, 0.15) is 13.2 Å². The van der Waals surface area contributed by atoms with Gasteiger partial charge in [-0.05, 0) is 61.4 Å². The largest absolute Gasteiger partial charge is 0.486 e. The highest BCUT2D eigenvalue weighted by molar-refractivity contribution is 7.22. The van der Waals surface area contributed by atoms with E-state index in [1.807, 2.05) is 18.2 Å². The maximum atomic E-state index is 13.6. The Hall–Kier alpha value is -3.45. The van der Waals surface area contributed by atoms with Gasteiger partial charge in [-0.15, -0.1) is 0 Å². The van der Waals surface area contributed by atoms with E-state index in [2.05, 4.69) is 31.0 Å². The smallest absolute Gasteiger partial charge is 0.260 e. The van der Waals surface area contributed by atoms with E-state index in [0.29, 0.717) is 42.0 Å².